The van der Waals surface area contributed by atoms with Gasteiger partial charge in [0.15, 0.2) is 8.32 Å². The van der Waals surface area contributed by atoms with E-state index in [1.807, 2.05) is 6.92 Å². The summed E-state index contributed by atoms with van der Waals surface area (Å²) < 4.78 is 12.1. The van der Waals surface area contributed by atoms with Crippen LogP contribution in [-0.2, 0) is 9.16 Å². The molecule has 2 fully saturated rings. The third-order valence-corrected chi connectivity index (χ3v) is 9.79. The molecule has 1 N–H and O–H groups in total. The molecule has 0 spiro atoms. The number of epoxide rings is 1. The fraction of sp³-hybridized carbons (Fsp3) is 1.00. The van der Waals surface area contributed by atoms with Gasteiger partial charge in [-0.25, -0.2) is 0 Å². The number of hydrogen-bond donors (Lipinski definition) is 1. The molecule has 4 heteroatoms. The Morgan fingerprint density at radius 1 is 1.39 bits per heavy atom. The van der Waals surface area contributed by atoms with E-state index in [9.17, 15) is 5.11 Å². The second-order valence-corrected chi connectivity index (χ2v) is 12.5. The van der Waals surface area contributed by atoms with Crippen LogP contribution in [0, 0.1) is 0 Å². The normalized spacial score (nSPS) is 40.5. The second-order valence-electron chi connectivity index (χ2n) is 7.71. The molecule has 1 saturated heterocycles. The van der Waals surface area contributed by atoms with Crippen LogP contribution in [0.4, 0.5) is 0 Å². The first-order valence-corrected chi connectivity index (χ1v) is 9.97. The van der Waals surface area contributed by atoms with Gasteiger partial charge in [0.2, 0.25) is 0 Å². The number of fused-ring (bicyclic) bond motifs is 1. The van der Waals surface area contributed by atoms with Gasteiger partial charge >= 0.3 is 0 Å². The summed E-state index contributed by atoms with van der Waals surface area (Å²) in [5.41, 5.74) is -1.14. The van der Waals surface area contributed by atoms with Gasteiger partial charge in [-0.3, -0.25) is 0 Å². The van der Waals surface area contributed by atoms with Crippen molar-refractivity contribution in [1.29, 1.82) is 0 Å². The fourth-order valence-corrected chi connectivity index (χ4v) is 3.62. The number of rotatable bonds is 3. The van der Waals surface area contributed by atoms with E-state index in [1.54, 1.807) is 0 Å². The summed E-state index contributed by atoms with van der Waals surface area (Å²) in [6.07, 6.45) is 3.16. The molecule has 0 radical (unpaired) electrons. The lowest BCUT2D eigenvalue weighted by atomic mass is 9.77. The third kappa shape index (κ3) is 2.17. The Bertz CT molecular complexity index is 332. The lowest BCUT2D eigenvalue weighted by Gasteiger charge is -2.40. The van der Waals surface area contributed by atoms with Gasteiger partial charge in [-0.2, -0.15) is 0 Å². The molecule has 0 bridgehead atoms. The summed E-state index contributed by atoms with van der Waals surface area (Å²) in [7, 11) is -1.76. The molecule has 1 saturated carbocycles. The highest BCUT2D eigenvalue weighted by Crippen LogP contribution is 2.54. The molecule has 1 heterocycles. The van der Waals surface area contributed by atoms with Gasteiger partial charge in [-0.05, 0) is 44.3 Å². The number of aliphatic hydroxyl groups is 1. The molecule has 1 aliphatic heterocycles. The molecular weight excluding hydrogens is 244 g/mol. The highest BCUT2D eigenvalue weighted by Gasteiger charge is 2.68. The Labute approximate surface area is 112 Å². The SMILES string of the molecule is CC(C)(C)[Si](C)(C)OC[C@@]12O[C@@H]1CCC[C@]2(C)O. The lowest BCUT2D eigenvalue weighted by molar-refractivity contribution is -0.0530. The average molecular weight is 272 g/mol. The number of ether oxygens (including phenoxy) is 1. The second kappa shape index (κ2) is 4.04. The zero-order valence-corrected chi connectivity index (χ0v) is 13.7. The third-order valence-electron chi connectivity index (χ3n) is 5.31. The molecule has 0 unspecified atom stereocenters. The van der Waals surface area contributed by atoms with Crippen molar-refractivity contribution in [2.24, 2.45) is 0 Å². The summed E-state index contributed by atoms with van der Waals surface area (Å²) in [4.78, 5) is 0. The minimum absolute atomic E-state index is 0.203. The maximum atomic E-state index is 10.5. The van der Waals surface area contributed by atoms with E-state index >= 15 is 0 Å². The lowest BCUT2D eigenvalue weighted by Crippen LogP contribution is -2.53. The highest BCUT2D eigenvalue weighted by atomic mass is 28.4. The Kier molecular flexibility index (Phi) is 3.26. The van der Waals surface area contributed by atoms with Gasteiger partial charge in [0.1, 0.15) is 5.60 Å². The fourth-order valence-electron chi connectivity index (χ4n) is 2.62. The van der Waals surface area contributed by atoms with Gasteiger partial charge in [0.05, 0.1) is 18.3 Å². The first-order chi connectivity index (χ1) is 8.02. The molecular formula is C14H28O3Si. The quantitative estimate of drug-likeness (QED) is 0.634. The van der Waals surface area contributed by atoms with E-state index in [0.29, 0.717) is 6.61 Å². The number of hydrogen-bond acceptors (Lipinski definition) is 3. The molecule has 2 aliphatic rings. The van der Waals surface area contributed by atoms with Crippen molar-refractivity contribution in [3.63, 3.8) is 0 Å². The van der Waals surface area contributed by atoms with Crippen LogP contribution in [0.15, 0.2) is 0 Å². The molecule has 0 amide bonds. The standard InChI is InChI=1S/C14H28O3Si/c1-12(2,3)18(5,6)16-10-14-11(17-14)8-7-9-13(14,4)15/h11,15H,7-10H2,1-6H3/t11-,13+,14-/m1/s1. The topological polar surface area (TPSA) is 42.0 Å². The Morgan fingerprint density at radius 2 is 2.00 bits per heavy atom. The molecule has 3 nitrogen and oxygen atoms in total. The average Bonchev–Trinajstić information content (AvgIpc) is 2.89. The Hall–Kier alpha value is 0.0969. The van der Waals surface area contributed by atoms with Crippen molar-refractivity contribution in [3.8, 4) is 0 Å². The van der Waals surface area contributed by atoms with Gasteiger partial charge in [-0.1, -0.05) is 20.8 Å². The van der Waals surface area contributed by atoms with Crippen molar-refractivity contribution in [3.05, 3.63) is 0 Å². The minimum Gasteiger partial charge on any atom is -0.414 e. The van der Waals surface area contributed by atoms with E-state index in [4.69, 9.17) is 9.16 Å². The molecule has 3 atom stereocenters. The molecule has 2 rings (SSSR count). The van der Waals surface area contributed by atoms with E-state index in [2.05, 4.69) is 33.9 Å². The van der Waals surface area contributed by atoms with Crippen molar-refractivity contribution < 1.29 is 14.3 Å². The highest BCUT2D eigenvalue weighted by molar-refractivity contribution is 6.74. The van der Waals surface area contributed by atoms with Gasteiger partial charge in [-0.15, -0.1) is 0 Å². The Balaban J connectivity index is 2.03. The first kappa shape index (κ1) is 14.5. The van der Waals surface area contributed by atoms with Crippen molar-refractivity contribution in [2.75, 3.05) is 6.61 Å². The van der Waals surface area contributed by atoms with Crippen molar-refractivity contribution in [1.82, 2.24) is 0 Å². The predicted octanol–water partition coefficient (Wildman–Crippen LogP) is 3.08. The smallest absolute Gasteiger partial charge is 0.192 e. The van der Waals surface area contributed by atoms with Gasteiger partial charge in [0, 0.05) is 0 Å². The molecule has 0 aromatic rings. The van der Waals surface area contributed by atoms with Gasteiger partial charge < -0.3 is 14.3 Å². The zero-order valence-electron chi connectivity index (χ0n) is 12.7. The van der Waals surface area contributed by atoms with Gasteiger partial charge in [0.25, 0.3) is 0 Å². The summed E-state index contributed by atoms with van der Waals surface area (Å²) in [6.45, 7) is 13.7. The predicted molar refractivity (Wildman–Crippen MR) is 75.2 cm³/mol. The Morgan fingerprint density at radius 3 is 2.50 bits per heavy atom. The molecule has 0 aromatic carbocycles. The van der Waals surface area contributed by atoms with Crippen LogP contribution in [-0.4, -0.2) is 37.3 Å². The van der Waals surface area contributed by atoms with Crippen LogP contribution in [0.3, 0.4) is 0 Å². The maximum absolute atomic E-state index is 10.5. The maximum Gasteiger partial charge on any atom is 0.192 e. The van der Waals surface area contributed by atoms with Crippen LogP contribution >= 0.6 is 0 Å². The van der Waals surface area contributed by atoms with E-state index in [1.165, 1.54) is 0 Å². The largest absolute Gasteiger partial charge is 0.414 e. The van der Waals surface area contributed by atoms with Crippen LogP contribution < -0.4 is 0 Å². The van der Waals surface area contributed by atoms with Crippen molar-refractivity contribution >= 4 is 8.32 Å². The monoisotopic (exact) mass is 272 g/mol. The van der Waals surface area contributed by atoms with Crippen LogP contribution in [0.25, 0.3) is 0 Å². The zero-order chi connectivity index (χ0) is 13.8. The van der Waals surface area contributed by atoms with E-state index in [0.717, 1.165) is 19.3 Å². The minimum atomic E-state index is -1.76. The molecule has 106 valence electrons. The molecule has 18 heavy (non-hydrogen) atoms. The summed E-state index contributed by atoms with van der Waals surface area (Å²) in [6, 6.07) is 0. The van der Waals surface area contributed by atoms with Crippen molar-refractivity contribution in [2.45, 2.75) is 82.4 Å². The van der Waals surface area contributed by atoms with E-state index < -0.39 is 19.5 Å². The summed E-state index contributed by atoms with van der Waals surface area (Å²) in [5.74, 6) is 0. The first-order valence-electron chi connectivity index (χ1n) is 7.06. The van der Waals surface area contributed by atoms with Crippen LogP contribution in [0.2, 0.25) is 18.1 Å². The van der Waals surface area contributed by atoms with E-state index in [-0.39, 0.29) is 11.1 Å². The van der Waals surface area contributed by atoms with Crippen LogP contribution in [0.5, 0.6) is 0 Å². The summed E-state index contributed by atoms with van der Waals surface area (Å²) in [5, 5.41) is 10.7. The molecule has 1 aliphatic carbocycles. The molecule has 0 aromatic heterocycles. The van der Waals surface area contributed by atoms with Crippen LogP contribution in [0.1, 0.15) is 47.0 Å². The summed E-state index contributed by atoms with van der Waals surface area (Å²) >= 11 is 0.